The molecule has 4 rings (SSSR count). The average molecular weight is 347 g/mol. The second-order valence-electron chi connectivity index (χ2n) is 6.48. The molecule has 2 unspecified atom stereocenters. The van der Waals surface area contributed by atoms with E-state index in [0.717, 1.165) is 18.7 Å². The van der Waals surface area contributed by atoms with Gasteiger partial charge in [-0.25, -0.2) is 15.5 Å². The van der Waals surface area contributed by atoms with Crippen LogP contribution in [0.1, 0.15) is 62.3 Å². The van der Waals surface area contributed by atoms with Crippen LogP contribution in [0.4, 0.5) is 0 Å². The van der Waals surface area contributed by atoms with Crippen LogP contribution < -0.4 is 16.2 Å². The highest BCUT2D eigenvalue weighted by Crippen LogP contribution is 2.30. The molecule has 11 heteroatoms. The van der Waals surface area contributed by atoms with E-state index in [2.05, 4.69) is 41.8 Å². The number of carbonyl (C=O) groups excluding carboxylic acids is 1. The highest BCUT2D eigenvalue weighted by molar-refractivity contribution is 5.81. The van der Waals surface area contributed by atoms with Crippen molar-refractivity contribution in [3.05, 3.63) is 18.0 Å². The van der Waals surface area contributed by atoms with Gasteiger partial charge in [0.2, 0.25) is 11.8 Å². The van der Waals surface area contributed by atoms with Crippen LogP contribution in [0.5, 0.6) is 0 Å². The minimum absolute atomic E-state index is 0.138. The molecule has 25 heavy (non-hydrogen) atoms. The quantitative estimate of drug-likeness (QED) is 0.671. The second-order valence-corrected chi connectivity index (χ2v) is 6.48. The van der Waals surface area contributed by atoms with Gasteiger partial charge in [-0.3, -0.25) is 4.79 Å². The molecule has 3 heterocycles. The number of hydrogen-bond acceptors (Lipinski definition) is 9. The van der Waals surface area contributed by atoms with Gasteiger partial charge in [0.25, 0.3) is 0 Å². The number of aromatic nitrogens is 6. The summed E-state index contributed by atoms with van der Waals surface area (Å²) in [6.45, 7) is 0.228. The van der Waals surface area contributed by atoms with Crippen LogP contribution >= 0.6 is 0 Å². The fraction of sp³-hybridized carbons (Fsp3) is 0.714. The van der Waals surface area contributed by atoms with Gasteiger partial charge < -0.3 is 9.84 Å². The molecule has 2 aromatic rings. The monoisotopic (exact) mass is 347 g/mol. The zero-order valence-electron chi connectivity index (χ0n) is 13.8. The van der Waals surface area contributed by atoms with Gasteiger partial charge in [0.1, 0.15) is 18.5 Å². The van der Waals surface area contributed by atoms with Crippen LogP contribution in [0, 0.1) is 0 Å². The highest BCUT2D eigenvalue weighted by atomic mass is 16.5. The molecule has 0 bridgehead atoms. The summed E-state index contributed by atoms with van der Waals surface area (Å²) < 4.78 is 6.83. The van der Waals surface area contributed by atoms with E-state index in [1.54, 1.807) is 4.68 Å². The van der Waals surface area contributed by atoms with Gasteiger partial charge >= 0.3 is 0 Å². The minimum Gasteiger partial charge on any atom is -0.346 e. The lowest BCUT2D eigenvalue weighted by Gasteiger charge is -2.17. The van der Waals surface area contributed by atoms with Crippen molar-refractivity contribution in [3.8, 4) is 0 Å². The van der Waals surface area contributed by atoms with Crippen molar-refractivity contribution in [2.24, 2.45) is 0 Å². The van der Waals surface area contributed by atoms with Crippen LogP contribution in [-0.2, 0) is 11.3 Å². The zero-order valence-corrected chi connectivity index (χ0v) is 13.8. The molecule has 1 aliphatic heterocycles. The van der Waals surface area contributed by atoms with Gasteiger partial charge in [-0.15, -0.1) is 5.10 Å². The van der Waals surface area contributed by atoms with Crippen molar-refractivity contribution in [3.63, 3.8) is 0 Å². The van der Waals surface area contributed by atoms with Gasteiger partial charge in [-0.05, 0) is 23.3 Å². The fourth-order valence-corrected chi connectivity index (χ4v) is 3.35. The van der Waals surface area contributed by atoms with E-state index >= 15 is 0 Å². The largest absolute Gasteiger partial charge is 0.346 e. The summed E-state index contributed by atoms with van der Waals surface area (Å²) in [6.07, 6.45) is 7.82. The predicted octanol–water partition coefficient (Wildman–Crippen LogP) is -0.215. The maximum Gasteiger partial charge on any atom is 0.246 e. The van der Waals surface area contributed by atoms with Crippen molar-refractivity contribution in [1.29, 1.82) is 0 Å². The van der Waals surface area contributed by atoms with Gasteiger partial charge in [0.15, 0.2) is 5.82 Å². The van der Waals surface area contributed by atoms with Crippen molar-refractivity contribution < 1.29 is 9.32 Å². The minimum atomic E-state index is -0.380. The van der Waals surface area contributed by atoms with E-state index in [4.69, 9.17) is 4.52 Å². The topological polar surface area (TPSA) is 136 Å². The maximum absolute atomic E-state index is 12.3. The normalized spacial score (nSPS) is 24.5. The Labute approximate surface area is 143 Å². The molecule has 2 aromatic heterocycles. The summed E-state index contributed by atoms with van der Waals surface area (Å²) in [6, 6.07) is -0.380. The van der Waals surface area contributed by atoms with Crippen molar-refractivity contribution in [2.75, 3.05) is 0 Å². The lowest BCUT2D eigenvalue weighted by Crippen LogP contribution is -2.43. The molecule has 1 amide bonds. The number of nitrogens with one attached hydrogen (secondary N) is 3. The predicted molar refractivity (Wildman–Crippen MR) is 83.5 cm³/mol. The van der Waals surface area contributed by atoms with Crippen molar-refractivity contribution >= 4 is 5.91 Å². The lowest BCUT2D eigenvalue weighted by atomic mass is 9.89. The molecule has 11 nitrogen and oxygen atoms in total. The van der Waals surface area contributed by atoms with Gasteiger partial charge in [0.05, 0.1) is 6.54 Å². The van der Waals surface area contributed by atoms with Crippen molar-refractivity contribution in [1.82, 2.24) is 46.5 Å². The first-order valence-corrected chi connectivity index (χ1v) is 8.63. The van der Waals surface area contributed by atoms with Crippen LogP contribution in [0.3, 0.4) is 0 Å². The summed E-state index contributed by atoms with van der Waals surface area (Å²) in [7, 11) is 0. The van der Waals surface area contributed by atoms with E-state index in [9.17, 15) is 4.79 Å². The molecule has 0 radical (unpaired) electrons. The smallest absolute Gasteiger partial charge is 0.246 e. The Bertz CT molecular complexity index is 695. The first-order valence-electron chi connectivity index (χ1n) is 8.63. The van der Waals surface area contributed by atoms with E-state index in [0.29, 0.717) is 18.2 Å². The van der Waals surface area contributed by atoms with Crippen LogP contribution in [0.2, 0.25) is 0 Å². The molecule has 1 saturated carbocycles. The first kappa shape index (κ1) is 16.1. The molecule has 2 fully saturated rings. The summed E-state index contributed by atoms with van der Waals surface area (Å²) in [5.41, 5.74) is 5.94. The summed E-state index contributed by atoms with van der Waals surface area (Å²) >= 11 is 0. The van der Waals surface area contributed by atoms with E-state index in [-0.39, 0.29) is 24.7 Å². The Morgan fingerprint density at radius 1 is 1.32 bits per heavy atom. The second kappa shape index (κ2) is 7.23. The lowest BCUT2D eigenvalue weighted by molar-refractivity contribution is -0.123. The molecular weight excluding hydrogens is 326 g/mol. The Balaban J connectivity index is 1.27. The Hall–Kier alpha value is -2.40. The fourth-order valence-electron chi connectivity index (χ4n) is 3.35. The third kappa shape index (κ3) is 3.66. The van der Waals surface area contributed by atoms with Crippen LogP contribution in [-0.4, -0.2) is 42.3 Å². The standard InChI is InChI=1S/C14H21N9O2/c24-14(10-6-11(19-18-10)23-8-16-21-22-23)15-7-12-17-13(20-25-12)9-4-2-1-3-5-9/h8-11,18-19H,1-7H2,(H,15,24). The molecular formula is C14H21N9O2. The zero-order chi connectivity index (χ0) is 17.1. The molecule has 134 valence electrons. The van der Waals surface area contributed by atoms with Crippen LogP contribution in [0.25, 0.3) is 0 Å². The Kier molecular flexibility index (Phi) is 4.65. The van der Waals surface area contributed by atoms with E-state index in [1.165, 1.54) is 25.6 Å². The number of hydrazine groups is 1. The number of amides is 1. The SMILES string of the molecule is O=C(NCc1nc(C2CCCCC2)no1)C1CC(n2cnnn2)NN1. The van der Waals surface area contributed by atoms with Gasteiger partial charge in [-0.2, -0.15) is 4.98 Å². The number of rotatable bonds is 5. The molecule has 2 atom stereocenters. The third-order valence-electron chi connectivity index (χ3n) is 4.75. The highest BCUT2D eigenvalue weighted by Gasteiger charge is 2.31. The molecule has 0 spiro atoms. The van der Waals surface area contributed by atoms with Gasteiger partial charge in [0, 0.05) is 12.3 Å². The summed E-state index contributed by atoms with van der Waals surface area (Å²) in [5, 5.41) is 17.9. The maximum atomic E-state index is 12.3. The molecule has 1 saturated heterocycles. The first-order chi connectivity index (χ1) is 12.3. The number of carbonyl (C=O) groups is 1. The summed E-state index contributed by atoms with van der Waals surface area (Å²) in [5.74, 6) is 1.46. The summed E-state index contributed by atoms with van der Waals surface area (Å²) in [4.78, 5) is 16.7. The van der Waals surface area contributed by atoms with Gasteiger partial charge in [-0.1, -0.05) is 24.4 Å². The number of tetrazole rings is 1. The Morgan fingerprint density at radius 3 is 3.00 bits per heavy atom. The third-order valence-corrected chi connectivity index (χ3v) is 4.75. The van der Waals surface area contributed by atoms with Crippen LogP contribution in [0.15, 0.2) is 10.9 Å². The molecule has 0 aromatic carbocycles. The Morgan fingerprint density at radius 2 is 2.20 bits per heavy atom. The number of hydrogen-bond donors (Lipinski definition) is 3. The molecule has 2 aliphatic rings. The van der Waals surface area contributed by atoms with Crippen molar-refractivity contribution in [2.45, 2.75) is 63.2 Å². The molecule has 3 N–H and O–H groups in total. The van der Waals surface area contributed by atoms with E-state index in [1.807, 2.05) is 0 Å². The van der Waals surface area contributed by atoms with E-state index < -0.39 is 0 Å². The molecule has 1 aliphatic carbocycles. The average Bonchev–Trinajstić information content (AvgIpc) is 3.41. The number of nitrogens with zero attached hydrogens (tertiary/aromatic N) is 6.